The van der Waals surface area contributed by atoms with Gasteiger partial charge in [0.25, 0.3) is 0 Å². The van der Waals surface area contributed by atoms with Crippen molar-refractivity contribution in [3.63, 3.8) is 0 Å². The lowest BCUT2D eigenvalue weighted by molar-refractivity contribution is 0.649. The summed E-state index contributed by atoms with van der Waals surface area (Å²) in [6, 6.07) is 4.16. The van der Waals surface area contributed by atoms with E-state index < -0.39 is 0 Å². The van der Waals surface area contributed by atoms with Crippen molar-refractivity contribution in [2.45, 2.75) is 33.7 Å². The highest BCUT2D eigenvalue weighted by molar-refractivity contribution is 7.71. The number of nitrogens with zero attached hydrogens (tertiary/aromatic N) is 3. The maximum atomic E-state index is 5.47. The van der Waals surface area contributed by atoms with E-state index >= 15 is 0 Å². The number of hydrogen-bond acceptors (Lipinski definition) is 4. The minimum atomic E-state index is 0.136. The summed E-state index contributed by atoms with van der Waals surface area (Å²) in [5.74, 6) is 0. The van der Waals surface area contributed by atoms with Crippen molar-refractivity contribution in [2.24, 2.45) is 0 Å². The van der Waals surface area contributed by atoms with E-state index in [1.165, 1.54) is 4.88 Å². The van der Waals surface area contributed by atoms with Gasteiger partial charge in [0.15, 0.2) is 10.4 Å². The van der Waals surface area contributed by atoms with Crippen LogP contribution in [0, 0.1) is 25.5 Å². The van der Waals surface area contributed by atoms with Gasteiger partial charge in [-0.3, -0.25) is 4.57 Å². The SMILES string of the molecule is Cc1ccc2[nH]c(=S)n(C(C)c3sc(C)nc3C)c2n1. The van der Waals surface area contributed by atoms with E-state index in [4.69, 9.17) is 12.2 Å². The number of aromatic amines is 1. The molecular formula is C14H16N4S2. The zero-order valence-corrected chi connectivity index (χ0v) is 13.5. The minimum absolute atomic E-state index is 0.136. The van der Waals surface area contributed by atoms with Crippen LogP contribution in [0.25, 0.3) is 11.2 Å². The Balaban J connectivity index is 2.23. The van der Waals surface area contributed by atoms with E-state index in [9.17, 15) is 0 Å². The molecule has 1 N–H and O–H groups in total. The molecule has 0 aromatic carbocycles. The summed E-state index contributed by atoms with van der Waals surface area (Å²) in [6.07, 6.45) is 0. The third-order valence-electron chi connectivity index (χ3n) is 3.41. The first-order chi connectivity index (χ1) is 9.47. The van der Waals surface area contributed by atoms with E-state index in [1.54, 1.807) is 11.3 Å². The molecule has 3 aromatic heterocycles. The summed E-state index contributed by atoms with van der Waals surface area (Å²) in [4.78, 5) is 13.6. The quantitative estimate of drug-likeness (QED) is 0.725. The van der Waals surface area contributed by atoms with Crippen molar-refractivity contribution in [2.75, 3.05) is 0 Å². The van der Waals surface area contributed by atoms with Crippen LogP contribution >= 0.6 is 23.6 Å². The van der Waals surface area contributed by atoms with Gasteiger partial charge in [-0.2, -0.15) is 0 Å². The van der Waals surface area contributed by atoms with Gasteiger partial charge in [0, 0.05) is 5.69 Å². The van der Waals surface area contributed by atoms with Gasteiger partial charge in [0.1, 0.15) is 0 Å². The smallest absolute Gasteiger partial charge is 0.179 e. The second-order valence-electron chi connectivity index (χ2n) is 4.98. The van der Waals surface area contributed by atoms with Crippen LogP contribution < -0.4 is 0 Å². The predicted molar refractivity (Wildman–Crippen MR) is 85.1 cm³/mol. The Morgan fingerprint density at radius 2 is 2.00 bits per heavy atom. The van der Waals surface area contributed by atoms with Crippen molar-refractivity contribution in [3.8, 4) is 0 Å². The number of aromatic nitrogens is 4. The molecule has 0 saturated carbocycles. The van der Waals surface area contributed by atoms with E-state index in [0.717, 1.165) is 27.6 Å². The number of pyridine rings is 1. The number of fused-ring (bicyclic) bond motifs is 1. The van der Waals surface area contributed by atoms with Crippen molar-refractivity contribution in [3.05, 3.63) is 38.2 Å². The Kier molecular flexibility index (Phi) is 3.22. The highest BCUT2D eigenvalue weighted by atomic mass is 32.1. The maximum absolute atomic E-state index is 5.47. The molecule has 3 aromatic rings. The lowest BCUT2D eigenvalue weighted by Gasteiger charge is -2.13. The number of thiazole rings is 1. The number of hydrogen-bond donors (Lipinski definition) is 1. The number of H-pyrrole nitrogens is 1. The molecule has 0 radical (unpaired) electrons. The predicted octanol–water partition coefficient (Wildman–Crippen LogP) is 4.08. The van der Waals surface area contributed by atoms with E-state index in [1.807, 2.05) is 32.9 Å². The maximum Gasteiger partial charge on any atom is 0.179 e. The second kappa shape index (κ2) is 4.79. The molecule has 0 aliphatic carbocycles. The Labute approximate surface area is 126 Å². The number of aryl methyl sites for hydroxylation is 3. The van der Waals surface area contributed by atoms with Gasteiger partial charge in [-0.05, 0) is 52.0 Å². The average molecular weight is 304 g/mol. The molecule has 1 atom stereocenters. The summed E-state index contributed by atoms with van der Waals surface area (Å²) in [5, 5.41) is 1.08. The summed E-state index contributed by atoms with van der Waals surface area (Å²) >= 11 is 7.20. The molecule has 0 bridgehead atoms. The third-order valence-corrected chi connectivity index (χ3v) is 4.95. The van der Waals surface area contributed by atoms with Gasteiger partial charge in [-0.1, -0.05) is 0 Å². The van der Waals surface area contributed by atoms with Crippen molar-refractivity contribution >= 4 is 34.7 Å². The fraction of sp³-hybridized carbons (Fsp3) is 0.357. The van der Waals surface area contributed by atoms with Gasteiger partial charge in [0.05, 0.1) is 27.1 Å². The number of nitrogens with one attached hydrogen (secondary N) is 1. The van der Waals surface area contributed by atoms with E-state index in [0.29, 0.717) is 4.77 Å². The van der Waals surface area contributed by atoms with Crippen LogP contribution in [0.3, 0.4) is 0 Å². The Bertz CT molecular complexity index is 841. The minimum Gasteiger partial charge on any atom is -0.329 e. The highest BCUT2D eigenvalue weighted by Gasteiger charge is 2.18. The largest absolute Gasteiger partial charge is 0.329 e. The highest BCUT2D eigenvalue weighted by Crippen LogP contribution is 2.30. The topological polar surface area (TPSA) is 46.5 Å². The Morgan fingerprint density at radius 3 is 2.65 bits per heavy atom. The normalized spacial score (nSPS) is 13.0. The molecule has 3 heterocycles. The monoisotopic (exact) mass is 304 g/mol. The van der Waals surface area contributed by atoms with Crippen LogP contribution in [0.5, 0.6) is 0 Å². The Hall–Kier alpha value is -1.53. The van der Waals surface area contributed by atoms with E-state index in [2.05, 4.69) is 26.4 Å². The Morgan fingerprint density at radius 1 is 1.25 bits per heavy atom. The first kappa shape index (κ1) is 13.5. The first-order valence-corrected chi connectivity index (χ1v) is 7.71. The van der Waals surface area contributed by atoms with Crippen LogP contribution in [0.1, 0.15) is 34.2 Å². The molecule has 104 valence electrons. The number of rotatable bonds is 2. The molecule has 0 spiro atoms. The van der Waals surface area contributed by atoms with Crippen molar-refractivity contribution in [1.29, 1.82) is 0 Å². The third kappa shape index (κ3) is 2.09. The zero-order chi connectivity index (χ0) is 14.4. The molecule has 0 amide bonds. The molecular weight excluding hydrogens is 288 g/mol. The molecule has 0 aliphatic rings. The summed E-state index contributed by atoms with van der Waals surface area (Å²) in [6.45, 7) is 8.22. The van der Waals surface area contributed by atoms with E-state index in [-0.39, 0.29) is 6.04 Å². The van der Waals surface area contributed by atoms with Crippen molar-refractivity contribution < 1.29 is 0 Å². The molecule has 20 heavy (non-hydrogen) atoms. The van der Waals surface area contributed by atoms with Crippen LogP contribution in [0.4, 0.5) is 0 Å². The standard InChI is InChI=1S/C14H16N4S2/c1-7-5-6-11-13(15-7)18(14(19)17-11)9(3)12-8(2)16-10(4)20-12/h5-6,9H,1-4H3,(H,17,19). The van der Waals surface area contributed by atoms with Gasteiger partial charge in [-0.25, -0.2) is 9.97 Å². The van der Waals surface area contributed by atoms with Gasteiger partial charge in [-0.15, -0.1) is 11.3 Å². The summed E-state index contributed by atoms with van der Waals surface area (Å²) in [7, 11) is 0. The summed E-state index contributed by atoms with van der Waals surface area (Å²) in [5.41, 5.74) is 3.95. The van der Waals surface area contributed by atoms with Crippen LogP contribution in [-0.4, -0.2) is 19.5 Å². The fourth-order valence-electron chi connectivity index (χ4n) is 2.51. The lowest BCUT2D eigenvalue weighted by atomic mass is 10.2. The molecule has 3 rings (SSSR count). The lowest BCUT2D eigenvalue weighted by Crippen LogP contribution is -2.07. The number of imidazole rings is 1. The average Bonchev–Trinajstić information content (AvgIpc) is 2.87. The second-order valence-corrected chi connectivity index (χ2v) is 6.60. The van der Waals surface area contributed by atoms with Gasteiger partial charge in [0.2, 0.25) is 0 Å². The summed E-state index contributed by atoms with van der Waals surface area (Å²) < 4.78 is 2.79. The first-order valence-electron chi connectivity index (χ1n) is 6.49. The molecule has 6 heteroatoms. The van der Waals surface area contributed by atoms with Crippen molar-refractivity contribution in [1.82, 2.24) is 19.5 Å². The van der Waals surface area contributed by atoms with Crippen LogP contribution in [0.15, 0.2) is 12.1 Å². The fourth-order valence-corrected chi connectivity index (χ4v) is 3.83. The molecule has 4 nitrogen and oxygen atoms in total. The molecule has 0 aliphatic heterocycles. The molecule has 0 saturated heterocycles. The van der Waals surface area contributed by atoms with Crippen LogP contribution in [0.2, 0.25) is 0 Å². The van der Waals surface area contributed by atoms with Gasteiger partial charge >= 0.3 is 0 Å². The van der Waals surface area contributed by atoms with Crippen LogP contribution in [-0.2, 0) is 0 Å². The molecule has 0 fully saturated rings. The zero-order valence-electron chi connectivity index (χ0n) is 11.9. The van der Waals surface area contributed by atoms with Gasteiger partial charge < -0.3 is 4.98 Å². The molecule has 1 unspecified atom stereocenters.